The number of hydrogen-bond donors (Lipinski definition) is 0. The van der Waals surface area contributed by atoms with Gasteiger partial charge < -0.3 is 16.0 Å². The average molecular weight is 698 g/mol. The van der Waals surface area contributed by atoms with Crippen LogP contribution in [0.1, 0.15) is 135 Å². The summed E-state index contributed by atoms with van der Waals surface area (Å²) in [5.41, 5.74) is 2.65. The molecule has 3 nitrogen and oxygen atoms in total. The monoisotopic (exact) mass is 698 g/mol. The predicted octanol–water partition coefficient (Wildman–Crippen LogP) is 10.1. The maximum atomic E-state index is 5.24. The molecule has 0 amide bonds. The van der Waals surface area contributed by atoms with Crippen LogP contribution in [0.5, 0.6) is 0 Å². The van der Waals surface area contributed by atoms with Gasteiger partial charge in [-0.2, -0.15) is 11.4 Å². The Labute approximate surface area is 240 Å². The zero-order valence-electron chi connectivity index (χ0n) is 23.5. The molecule has 6 atom stereocenters. The first-order valence-corrected chi connectivity index (χ1v) is 21.1. The molecule has 4 heteroatoms. The third kappa shape index (κ3) is 7.19. The van der Waals surface area contributed by atoms with Crippen LogP contribution < -0.4 is 0 Å². The first kappa shape index (κ1) is 27.1. The number of rotatable bonds is 4. The van der Waals surface area contributed by atoms with Crippen molar-refractivity contribution in [2.24, 2.45) is 11.8 Å². The SMILES string of the molecule is C1=C(C2CCCC(C3=CC4CCCCC4[N-]3)[N-]2)[N-]C2CCCCC12.C1CC[CH]([Pb][CH]2CCCCC2)CC1. The molecule has 1 saturated heterocycles. The van der Waals surface area contributed by atoms with Gasteiger partial charge >= 0.3 is 95.4 Å². The molecule has 0 aromatic rings. The van der Waals surface area contributed by atoms with Gasteiger partial charge in [-0.05, 0) is 24.7 Å². The van der Waals surface area contributed by atoms with E-state index in [4.69, 9.17) is 16.0 Å². The molecular weight excluding hydrogens is 646 g/mol. The Hall–Kier alpha value is -0.0379. The zero-order chi connectivity index (χ0) is 24.9. The summed E-state index contributed by atoms with van der Waals surface area (Å²) in [6.07, 6.45) is 35.4. The van der Waals surface area contributed by atoms with E-state index in [9.17, 15) is 0 Å². The molecule has 0 aromatic heterocycles. The average Bonchev–Trinajstić information content (AvgIpc) is 3.60. The Morgan fingerprint density at radius 2 is 0.892 bits per heavy atom. The van der Waals surface area contributed by atoms with Gasteiger partial charge in [-0.1, -0.05) is 57.8 Å². The summed E-state index contributed by atoms with van der Waals surface area (Å²) in [4.78, 5) is 0. The molecular formula is C33H52N3Pb-3. The van der Waals surface area contributed by atoms with E-state index in [0.717, 1.165) is 11.8 Å². The number of fused-ring (bicyclic) bond motifs is 2. The van der Waals surface area contributed by atoms with Gasteiger partial charge in [-0.3, -0.25) is 0 Å². The summed E-state index contributed by atoms with van der Waals surface area (Å²) in [6, 6.07) is 1.88. The van der Waals surface area contributed by atoms with Gasteiger partial charge in [0.2, 0.25) is 0 Å². The van der Waals surface area contributed by atoms with E-state index in [0.29, 0.717) is 24.2 Å². The summed E-state index contributed by atoms with van der Waals surface area (Å²) in [6.45, 7) is 0. The molecule has 206 valence electrons. The van der Waals surface area contributed by atoms with E-state index in [-0.39, 0.29) is 24.2 Å². The Kier molecular flexibility index (Phi) is 9.94. The fraction of sp³-hybridized carbons (Fsp3) is 0.879. The molecule has 5 fully saturated rings. The molecule has 4 saturated carbocycles. The number of piperidine rings is 1. The van der Waals surface area contributed by atoms with Crippen LogP contribution in [-0.4, -0.2) is 48.4 Å². The molecule has 2 radical (unpaired) electrons. The molecule has 0 N–H and O–H groups in total. The van der Waals surface area contributed by atoms with E-state index < -0.39 is 0 Å². The van der Waals surface area contributed by atoms with Crippen LogP contribution in [0, 0.1) is 11.8 Å². The second kappa shape index (κ2) is 13.5. The van der Waals surface area contributed by atoms with Gasteiger partial charge in [-0.25, -0.2) is 0 Å². The van der Waals surface area contributed by atoms with Gasteiger partial charge in [-0.15, -0.1) is 36.3 Å². The minimum atomic E-state index is -0.186. The molecule has 0 aromatic carbocycles. The quantitative estimate of drug-likeness (QED) is 0.263. The maximum absolute atomic E-state index is 5.24. The van der Waals surface area contributed by atoms with Crippen LogP contribution in [-0.2, 0) is 0 Å². The Balaban J connectivity index is 0.000000164. The second-order valence-electron chi connectivity index (χ2n) is 13.4. The van der Waals surface area contributed by atoms with Crippen molar-refractivity contribution in [3.8, 4) is 0 Å². The molecule has 7 rings (SSSR count). The van der Waals surface area contributed by atoms with Crippen molar-refractivity contribution >= 4 is 24.2 Å². The van der Waals surface area contributed by atoms with E-state index in [1.807, 2.05) is 0 Å². The van der Waals surface area contributed by atoms with Crippen molar-refractivity contribution in [3.63, 3.8) is 0 Å². The summed E-state index contributed by atoms with van der Waals surface area (Å²) >= 11 is -0.186. The van der Waals surface area contributed by atoms with Crippen LogP contribution in [0.4, 0.5) is 0 Å². The second-order valence-corrected chi connectivity index (χ2v) is 21.1. The molecule has 7 aliphatic rings. The van der Waals surface area contributed by atoms with E-state index in [2.05, 4.69) is 12.2 Å². The summed E-state index contributed by atoms with van der Waals surface area (Å²) in [5.74, 6) is 1.45. The summed E-state index contributed by atoms with van der Waals surface area (Å²) in [5, 5.41) is 15.4. The molecule has 6 unspecified atom stereocenters. The van der Waals surface area contributed by atoms with E-state index in [1.165, 1.54) is 89.0 Å². The van der Waals surface area contributed by atoms with Crippen LogP contribution >= 0.6 is 0 Å². The molecule has 3 heterocycles. The normalized spacial score (nSPS) is 38.7. The third-order valence-corrected chi connectivity index (χ3v) is 18.8. The van der Waals surface area contributed by atoms with Crippen molar-refractivity contribution in [3.05, 3.63) is 39.5 Å². The standard InChI is InChI=1S/C21H30N3.2C6H11.Pb/c1-3-8-16-14(6-1)12-20(22-16)18-10-5-11-19(24-18)21-13-15-7-2-4-9-17(15)23-21;2*1-2-4-6-5-3-1;/h12-19H,1-11H2;2*1H,2-6H2;/q-3;;;. The first-order chi connectivity index (χ1) is 18.3. The van der Waals surface area contributed by atoms with Gasteiger partial charge in [0.25, 0.3) is 0 Å². The predicted molar refractivity (Wildman–Crippen MR) is 159 cm³/mol. The Morgan fingerprint density at radius 1 is 0.459 bits per heavy atom. The van der Waals surface area contributed by atoms with Crippen molar-refractivity contribution in [1.29, 1.82) is 0 Å². The summed E-state index contributed by atoms with van der Waals surface area (Å²) < 4.78 is 2.63. The van der Waals surface area contributed by atoms with Crippen molar-refractivity contribution in [2.45, 2.75) is 166 Å². The topological polar surface area (TPSA) is 42.3 Å². The van der Waals surface area contributed by atoms with Crippen molar-refractivity contribution < 1.29 is 0 Å². The van der Waals surface area contributed by atoms with Gasteiger partial charge in [0.15, 0.2) is 0 Å². The Morgan fingerprint density at radius 3 is 1.35 bits per heavy atom. The van der Waals surface area contributed by atoms with E-state index >= 15 is 0 Å². The molecule has 3 aliphatic heterocycles. The summed E-state index contributed by atoms with van der Waals surface area (Å²) in [7, 11) is 0. The molecule has 0 bridgehead atoms. The third-order valence-electron chi connectivity index (χ3n) is 10.6. The van der Waals surface area contributed by atoms with Crippen LogP contribution in [0.15, 0.2) is 23.5 Å². The fourth-order valence-corrected chi connectivity index (χ4v) is 16.8. The van der Waals surface area contributed by atoms with Crippen molar-refractivity contribution in [1.82, 2.24) is 0 Å². The number of nitrogens with zero attached hydrogens (tertiary/aromatic N) is 3. The van der Waals surface area contributed by atoms with E-state index in [1.54, 1.807) is 64.2 Å². The van der Waals surface area contributed by atoms with Crippen LogP contribution in [0.3, 0.4) is 0 Å². The van der Waals surface area contributed by atoms with Crippen molar-refractivity contribution in [2.75, 3.05) is 0 Å². The van der Waals surface area contributed by atoms with Crippen LogP contribution in [0.25, 0.3) is 16.0 Å². The van der Waals surface area contributed by atoms with Gasteiger partial charge in [0.1, 0.15) is 0 Å². The minimum absolute atomic E-state index is 0.186. The van der Waals surface area contributed by atoms with Gasteiger partial charge in [0.05, 0.1) is 0 Å². The molecule has 4 aliphatic carbocycles. The van der Waals surface area contributed by atoms with Gasteiger partial charge in [0, 0.05) is 0 Å². The first-order valence-electron chi connectivity index (χ1n) is 16.6. The molecule has 0 spiro atoms. The fourth-order valence-electron chi connectivity index (χ4n) is 8.48. The number of hydrogen-bond acceptors (Lipinski definition) is 0. The Bertz CT molecular complexity index is 718. The van der Waals surface area contributed by atoms with Crippen LogP contribution in [0.2, 0.25) is 6.95 Å². The molecule has 37 heavy (non-hydrogen) atoms. The zero-order valence-corrected chi connectivity index (χ0v) is 27.4.